The number of carboxylic acid groups (broad SMARTS) is 1. The summed E-state index contributed by atoms with van der Waals surface area (Å²) >= 11 is 0. The van der Waals surface area contributed by atoms with E-state index < -0.39 is 11.4 Å². The molecule has 1 N–H and O–H groups in total. The van der Waals surface area contributed by atoms with Gasteiger partial charge >= 0.3 is 5.97 Å². The van der Waals surface area contributed by atoms with Crippen molar-refractivity contribution in [3.63, 3.8) is 0 Å². The lowest BCUT2D eigenvalue weighted by atomic mass is 9.90. The zero-order valence-corrected chi connectivity index (χ0v) is 11.5. The predicted molar refractivity (Wildman–Crippen MR) is 70.4 cm³/mol. The normalized spacial score (nSPS) is 22.8. The topological polar surface area (TPSA) is 75.5 Å². The molecular weight excluding hydrogens is 246 g/mol. The summed E-state index contributed by atoms with van der Waals surface area (Å²) in [5.41, 5.74) is -0.704. The van der Waals surface area contributed by atoms with Gasteiger partial charge in [-0.1, -0.05) is 0 Å². The fraction of sp³-hybridized carbons (Fsp3) is 0.615. The second-order valence-corrected chi connectivity index (χ2v) is 5.42. The monoisotopic (exact) mass is 265 g/mol. The molecule has 1 aliphatic heterocycles. The molecule has 2 rings (SSSR count). The summed E-state index contributed by atoms with van der Waals surface area (Å²) in [7, 11) is 0. The standard InChI is InChI=1S/C13H19N3O3/c1-9(2)19-11-6-10(14-8-15-11)16-5-4-13(3,7-16)12(17)18/h6,8-9H,4-5,7H2,1-3H3,(H,17,18). The summed E-state index contributed by atoms with van der Waals surface area (Å²) < 4.78 is 5.52. The van der Waals surface area contributed by atoms with Crippen molar-refractivity contribution < 1.29 is 14.6 Å². The summed E-state index contributed by atoms with van der Waals surface area (Å²) in [4.78, 5) is 21.4. The van der Waals surface area contributed by atoms with Crippen molar-refractivity contribution in [1.82, 2.24) is 9.97 Å². The number of aromatic nitrogens is 2. The number of hydrogen-bond acceptors (Lipinski definition) is 5. The third-order valence-electron chi connectivity index (χ3n) is 3.30. The Bertz CT molecular complexity index is 478. The Hall–Kier alpha value is -1.85. The second kappa shape index (κ2) is 5.03. The van der Waals surface area contributed by atoms with Crippen molar-refractivity contribution >= 4 is 11.8 Å². The van der Waals surface area contributed by atoms with Gasteiger partial charge in [-0.3, -0.25) is 4.79 Å². The number of carbonyl (C=O) groups is 1. The zero-order valence-electron chi connectivity index (χ0n) is 11.5. The summed E-state index contributed by atoms with van der Waals surface area (Å²) in [5.74, 6) is 0.474. The molecule has 19 heavy (non-hydrogen) atoms. The van der Waals surface area contributed by atoms with Crippen LogP contribution in [0.25, 0.3) is 0 Å². The van der Waals surface area contributed by atoms with E-state index in [2.05, 4.69) is 9.97 Å². The lowest BCUT2D eigenvalue weighted by Crippen LogP contribution is -2.32. The van der Waals surface area contributed by atoms with Crippen molar-refractivity contribution in [3.8, 4) is 5.88 Å². The zero-order chi connectivity index (χ0) is 14.0. The first-order valence-electron chi connectivity index (χ1n) is 6.38. The quantitative estimate of drug-likeness (QED) is 0.890. The smallest absolute Gasteiger partial charge is 0.311 e. The van der Waals surface area contributed by atoms with Gasteiger partial charge in [0.25, 0.3) is 0 Å². The van der Waals surface area contributed by atoms with Gasteiger partial charge in [-0.25, -0.2) is 9.97 Å². The van der Waals surface area contributed by atoms with Gasteiger partial charge in [0.05, 0.1) is 11.5 Å². The molecule has 0 radical (unpaired) electrons. The first kappa shape index (κ1) is 13.6. The lowest BCUT2D eigenvalue weighted by molar-refractivity contribution is -0.146. The molecule has 104 valence electrons. The van der Waals surface area contributed by atoms with E-state index in [1.165, 1.54) is 6.33 Å². The van der Waals surface area contributed by atoms with Crippen LogP contribution in [0.5, 0.6) is 5.88 Å². The first-order valence-corrected chi connectivity index (χ1v) is 6.38. The lowest BCUT2D eigenvalue weighted by Gasteiger charge is -2.21. The van der Waals surface area contributed by atoms with Crippen LogP contribution in [0.1, 0.15) is 27.2 Å². The molecule has 0 aromatic carbocycles. The Morgan fingerprint density at radius 3 is 2.84 bits per heavy atom. The highest BCUT2D eigenvalue weighted by atomic mass is 16.5. The number of aliphatic carboxylic acids is 1. The molecule has 2 heterocycles. The fourth-order valence-corrected chi connectivity index (χ4v) is 2.14. The maximum Gasteiger partial charge on any atom is 0.311 e. The molecule has 1 unspecified atom stereocenters. The van der Waals surface area contributed by atoms with E-state index in [4.69, 9.17) is 4.74 Å². The van der Waals surface area contributed by atoms with Crippen molar-refractivity contribution in [1.29, 1.82) is 0 Å². The molecule has 0 bridgehead atoms. The Morgan fingerprint density at radius 2 is 2.26 bits per heavy atom. The minimum absolute atomic E-state index is 0.0469. The van der Waals surface area contributed by atoms with Crippen LogP contribution in [-0.4, -0.2) is 40.2 Å². The van der Waals surface area contributed by atoms with Gasteiger partial charge in [0.15, 0.2) is 0 Å². The number of ether oxygens (including phenoxy) is 1. The van der Waals surface area contributed by atoms with Gasteiger partial charge in [-0.05, 0) is 27.2 Å². The minimum Gasteiger partial charge on any atom is -0.481 e. The van der Waals surface area contributed by atoms with E-state index in [1.807, 2.05) is 18.7 Å². The van der Waals surface area contributed by atoms with Gasteiger partial charge in [0.1, 0.15) is 12.1 Å². The van der Waals surface area contributed by atoms with E-state index in [0.29, 0.717) is 25.4 Å². The Balaban J connectivity index is 2.13. The van der Waals surface area contributed by atoms with Crippen LogP contribution in [0.15, 0.2) is 12.4 Å². The highest BCUT2D eigenvalue weighted by Gasteiger charge is 2.40. The van der Waals surface area contributed by atoms with Crippen LogP contribution in [0.2, 0.25) is 0 Å². The van der Waals surface area contributed by atoms with Gasteiger partial charge in [-0.2, -0.15) is 0 Å². The maximum atomic E-state index is 11.2. The molecule has 1 saturated heterocycles. The largest absolute Gasteiger partial charge is 0.481 e. The number of carboxylic acids is 1. The van der Waals surface area contributed by atoms with Crippen LogP contribution in [-0.2, 0) is 4.79 Å². The molecule has 6 heteroatoms. The highest BCUT2D eigenvalue weighted by Crippen LogP contribution is 2.33. The predicted octanol–water partition coefficient (Wildman–Crippen LogP) is 1.56. The molecule has 0 saturated carbocycles. The molecule has 1 aromatic rings. The molecule has 1 atom stereocenters. The third kappa shape index (κ3) is 2.94. The minimum atomic E-state index is -0.761. The van der Waals surface area contributed by atoms with Crippen molar-refractivity contribution in [2.24, 2.45) is 5.41 Å². The molecule has 0 aliphatic carbocycles. The maximum absolute atomic E-state index is 11.2. The van der Waals surface area contributed by atoms with Crippen LogP contribution >= 0.6 is 0 Å². The van der Waals surface area contributed by atoms with Crippen molar-refractivity contribution in [2.75, 3.05) is 18.0 Å². The second-order valence-electron chi connectivity index (χ2n) is 5.42. The molecule has 1 aliphatic rings. The molecule has 1 aromatic heterocycles. The van der Waals surface area contributed by atoms with Crippen LogP contribution in [0.3, 0.4) is 0 Å². The fourth-order valence-electron chi connectivity index (χ4n) is 2.14. The van der Waals surface area contributed by atoms with Gasteiger partial charge in [0, 0.05) is 19.2 Å². The molecule has 0 spiro atoms. The van der Waals surface area contributed by atoms with Gasteiger partial charge < -0.3 is 14.7 Å². The van der Waals surface area contributed by atoms with Crippen LogP contribution < -0.4 is 9.64 Å². The summed E-state index contributed by atoms with van der Waals surface area (Å²) in [6.07, 6.45) is 2.11. The summed E-state index contributed by atoms with van der Waals surface area (Å²) in [5, 5.41) is 9.23. The van der Waals surface area contributed by atoms with E-state index in [-0.39, 0.29) is 6.10 Å². The average molecular weight is 265 g/mol. The SMILES string of the molecule is CC(C)Oc1cc(N2CCC(C)(C(=O)O)C2)ncn1. The molecule has 6 nitrogen and oxygen atoms in total. The van der Waals surface area contributed by atoms with Crippen molar-refractivity contribution in [3.05, 3.63) is 12.4 Å². The molecule has 1 fully saturated rings. The van der Waals surface area contributed by atoms with E-state index in [0.717, 1.165) is 5.82 Å². The Kier molecular flexibility index (Phi) is 3.59. The van der Waals surface area contributed by atoms with Crippen LogP contribution in [0, 0.1) is 5.41 Å². The average Bonchev–Trinajstić information content (AvgIpc) is 2.73. The van der Waals surface area contributed by atoms with Crippen LogP contribution in [0.4, 0.5) is 5.82 Å². The summed E-state index contributed by atoms with van der Waals surface area (Å²) in [6.45, 7) is 6.77. The van der Waals surface area contributed by atoms with E-state index in [9.17, 15) is 9.90 Å². The van der Waals surface area contributed by atoms with Gasteiger partial charge in [-0.15, -0.1) is 0 Å². The van der Waals surface area contributed by atoms with Crippen molar-refractivity contribution in [2.45, 2.75) is 33.3 Å². The Labute approximate surface area is 112 Å². The van der Waals surface area contributed by atoms with Gasteiger partial charge in [0.2, 0.25) is 5.88 Å². The van der Waals surface area contributed by atoms with E-state index >= 15 is 0 Å². The van der Waals surface area contributed by atoms with E-state index in [1.54, 1.807) is 13.0 Å². The number of anilines is 1. The first-order chi connectivity index (χ1) is 8.90. The number of nitrogens with zero attached hydrogens (tertiary/aromatic N) is 3. The number of hydrogen-bond donors (Lipinski definition) is 1. The molecule has 0 amide bonds. The highest BCUT2D eigenvalue weighted by molar-refractivity contribution is 5.76. The Morgan fingerprint density at radius 1 is 1.53 bits per heavy atom. The number of rotatable bonds is 4. The third-order valence-corrected chi connectivity index (χ3v) is 3.30. The molecular formula is C13H19N3O3. The summed E-state index contributed by atoms with van der Waals surface area (Å²) in [6, 6.07) is 1.76.